The van der Waals surface area contributed by atoms with E-state index >= 15 is 0 Å². The lowest BCUT2D eigenvalue weighted by Crippen LogP contribution is -2.37. The van der Waals surface area contributed by atoms with Gasteiger partial charge in [0.1, 0.15) is 11.6 Å². The van der Waals surface area contributed by atoms with Crippen LogP contribution < -0.4 is 5.73 Å². The van der Waals surface area contributed by atoms with Crippen molar-refractivity contribution in [2.24, 2.45) is 5.73 Å². The van der Waals surface area contributed by atoms with E-state index in [1.54, 1.807) is 13.0 Å². The standard InChI is InChI=1S/C21H28F2NO4PS/c1-21(24,10-11-29(26,27)28)9-8-18-6-7-20(30-18)19(25)5-3-2-4-15-12-16(22)14-17(23)13-15/h6-7,12-14H,2-5,8-11,24H2,1H3,(H2,26,27,28). The SMILES string of the molecule is CC(N)(CCc1ccc(C(=O)CCCCc2cc(F)cc(F)c2)s1)CCP(=O)(O)O. The summed E-state index contributed by atoms with van der Waals surface area (Å²) in [6.07, 6.45) is 3.37. The minimum Gasteiger partial charge on any atom is -0.325 e. The van der Waals surface area contributed by atoms with Crippen LogP contribution >= 0.6 is 18.9 Å². The lowest BCUT2D eigenvalue weighted by atomic mass is 9.94. The van der Waals surface area contributed by atoms with E-state index in [4.69, 9.17) is 15.5 Å². The number of Topliss-reactive ketones (excluding diaryl/α,β-unsaturated/α-hetero) is 1. The number of ketones is 1. The summed E-state index contributed by atoms with van der Waals surface area (Å²) in [6.45, 7) is 1.77. The summed E-state index contributed by atoms with van der Waals surface area (Å²) < 4.78 is 37.4. The van der Waals surface area contributed by atoms with Gasteiger partial charge in [0.2, 0.25) is 0 Å². The van der Waals surface area contributed by atoms with Crippen molar-refractivity contribution in [3.8, 4) is 0 Å². The number of nitrogens with two attached hydrogens (primary N) is 1. The van der Waals surface area contributed by atoms with Crippen LogP contribution in [0.3, 0.4) is 0 Å². The van der Waals surface area contributed by atoms with Crippen molar-refractivity contribution >= 4 is 24.7 Å². The molecule has 2 rings (SSSR count). The van der Waals surface area contributed by atoms with Gasteiger partial charge in [0.15, 0.2) is 5.78 Å². The van der Waals surface area contributed by atoms with Crippen molar-refractivity contribution in [3.05, 3.63) is 57.3 Å². The average Bonchev–Trinajstić information content (AvgIpc) is 3.10. The van der Waals surface area contributed by atoms with Crippen LogP contribution in [-0.4, -0.2) is 27.3 Å². The number of aryl methyl sites for hydroxylation is 2. The molecule has 0 bridgehead atoms. The normalized spacial score (nSPS) is 13.9. The summed E-state index contributed by atoms with van der Waals surface area (Å²) in [5.41, 5.74) is 6.03. The second-order valence-electron chi connectivity index (χ2n) is 7.97. The lowest BCUT2D eigenvalue weighted by Gasteiger charge is -2.24. The predicted octanol–water partition coefficient (Wildman–Crippen LogP) is 4.84. The highest BCUT2D eigenvalue weighted by Gasteiger charge is 2.24. The first-order chi connectivity index (χ1) is 13.9. The van der Waals surface area contributed by atoms with Gasteiger partial charge in [-0.1, -0.05) is 0 Å². The van der Waals surface area contributed by atoms with E-state index in [2.05, 4.69) is 0 Å². The third-order valence-corrected chi connectivity index (χ3v) is 6.89. The number of carbonyl (C=O) groups is 1. The zero-order valence-electron chi connectivity index (χ0n) is 16.9. The van der Waals surface area contributed by atoms with Crippen LogP contribution in [-0.2, 0) is 17.4 Å². The molecule has 2 aromatic rings. The topological polar surface area (TPSA) is 101 Å². The monoisotopic (exact) mass is 459 g/mol. The van der Waals surface area contributed by atoms with Crippen molar-refractivity contribution in [2.45, 2.75) is 57.4 Å². The van der Waals surface area contributed by atoms with Crippen molar-refractivity contribution < 1.29 is 27.9 Å². The molecule has 1 heterocycles. The molecule has 1 atom stereocenters. The van der Waals surface area contributed by atoms with Gasteiger partial charge < -0.3 is 15.5 Å². The largest absolute Gasteiger partial charge is 0.325 e. The zero-order valence-corrected chi connectivity index (χ0v) is 18.7. The molecule has 1 aromatic heterocycles. The van der Waals surface area contributed by atoms with Crippen molar-refractivity contribution in [2.75, 3.05) is 6.16 Å². The Kier molecular flexibility index (Phi) is 8.88. The fourth-order valence-electron chi connectivity index (χ4n) is 3.09. The van der Waals surface area contributed by atoms with E-state index in [-0.39, 0.29) is 18.4 Å². The fraction of sp³-hybridized carbons (Fsp3) is 0.476. The Morgan fingerprint density at radius 1 is 1.10 bits per heavy atom. The second-order valence-corrected chi connectivity index (χ2v) is 10.9. The number of benzene rings is 1. The number of unbranched alkanes of at least 4 members (excludes halogenated alkanes) is 1. The van der Waals surface area contributed by atoms with Crippen LogP contribution in [0.1, 0.15) is 59.1 Å². The van der Waals surface area contributed by atoms with E-state index in [1.165, 1.54) is 23.5 Å². The molecule has 0 saturated heterocycles. The predicted molar refractivity (Wildman–Crippen MR) is 115 cm³/mol. The minimum atomic E-state index is -4.06. The van der Waals surface area contributed by atoms with Gasteiger partial charge in [0, 0.05) is 22.9 Å². The van der Waals surface area contributed by atoms with Crippen molar-refractivity contribution in [1.29, 1.82) is 0 Å². The van der Waals surface area contributed by atoms with Gasteiger partial charge in [-0.3, -0.25) is 9.36 Å². The molecular formula is C21H28F2NO4PS. The summed E-state index contributed by atoms with van der Waals surface area (Å²) in [6, 6.07) is 7.12. The van der Waals surface area contributed by atoms with Gasteiger partial charge in [0.25, 0.3) is 0 Å². The number of carbonyl (C=O) groups excluding carboxylic acids is 1. The van der Waals surface area contributed by atoms with Crippen LogP contribution in [0.5, 0.6) is 0 Å². The third-order valence-electron chi connectivity index (χ3n) is 4.89. The van der Waals surface area contributed by atoms with E-state index in [1.807, 2.05) is 6.07 Å². The molecular weight excluding hydrogens is 431 g/mol. The van der Waals surface area contributed by atoms with Gasteiger partial charge in [-0.15, -0.1) is 11.3 Å². The van der Waals surface area contributed by atoms with Gasteiger partial charge >= 0.3 is 7.60 Å². The highest BCUT2D eigenvalue weighted by molar-refractivity contribution is 7.51. The van der Waals surface area contributed by atoms with Gasteiger partial charge in [0.05, 0.1) is 11.0 Å². The first-order valence-electron chi connectivity index (χ1n) is 9.84. The maximum absolute atomic E-state index is 13.2. The van der Waals surface area contributed by atoms with E-state index < -0.39 is 24.8 Å². The van der Waals surface area contributed by atoms with Gasteiger partial charge in [-0.05, 0) is 75.3 Å². The summed E-state index contributed by atoms with van der Waals surface area (Å²) in [5, 5.41) is 0. The number of thiophene rings is 1. The fourth-order valence-corrected chi connectivity index (χ4v) is 4.87. The Balaban J connectivity index is 1.75. The molecule has 5 nitrogen and oxygen atoms in total. The molecule has 0 saturated carbocycles. The molecule has 0 fully saturated rings. The Labute approximate surface area is 179 Å². The molecule has 4 N–H and O–H groups in total. The molecule has 1 unspecified atom stereocenters. The summed E-state index contributed by atoms with van der Waals surface area (Å²) in [5.74, 6) is -1.15. The molecule has 30 heavy (non-hydrogen) atoms. The number of rotatable bonds is 12. The molecule has 0 spiro atoms. The highest BCUT2D eigenvalue weighted by Crippen LogP contribution is 2.37. The van der Waals surface area contributed by atoms with E-state index in [0.717, 1.165) is 10.9 Å². The zero-order chi connectivity index (χ0) is 22.4. The highest BCUT2D eigenvalue weighted by atomic mass is 32.1. The molecule has 0 radical (unpaired) electrons. The summed E-state index contributed by atoms with van der Waals surface area (Å²) >= 11 is 1.41. The van der Waals surface area contributed by atoms with Crippen molar-refractivity contribution in [3.63, 3.8) is 0 Å². The van der Waals surface area contributed by atoms with E-state index in [9.17, 15) is 18.1 Å². The molecule has 0 aliphatic carbocycles. The number of halogens is 2. The summed E-state index contributed by atoms with van der Waals surface area (Å²) in [7, 11) is -4.06. The summed E-state index contributed by atoms with van der Waals surface area (Å²) in [4.78, 5) is 32.0. The maximum Gasteiger partial charge on any atom is 0.325 e. The number of hydrogen-bond donors (Lipinski definition) is 3. The van der Waals surface area contributed by atoms with Crippen LogP contribution in [0.15, 0.2) is 30.3 Å². The molecule has 9 heteroatoms. The van der Waals surface area contributed by atoms with Crippen LogP contribution in [0.2, 0.25) is 0 Å². The first-order valence-corrected chi connectivity index (χ1v) is 12.5. The molecule has 1 aromatic carbocycles. The van der Waals surface area contributed by atoms with E-state index in [0.29, 0.717) is 49.0 Å². The van der Waals surface area contributed by atoms with Gasteiger partial charge in [-0.25, -0.2) is 8.78 Å². The first kappa shape index (κ1) is 24.8. The Morgan fingerprint density at radius 2 is 1.77 bits per heavy atom. The second kappa shape index (κ2) is 10.7. The van der Waals surface area contributed by atoms with Crippen LogP contribution in [0.4, 0.5) is 8.78 Å². The van der Waals surface area contributed by atoms with Crippen LogP contribution in [0, 0.1) is 11.6 Å². The Morgan fingerprint density at radius 3 is 2.40 bits per heavy atom. The molecule has 0 aliphatic rings. The van der Waals surface area contributed by atoms with Gasteiger partial charge in [-0.2, -0.15) is 0 Å². The molecule has 0 aliphatic heterocycles. The minimum absolute atomic E-state index is 0.0358. The smallest absolute Gasteiger partial charge is 0.325 e. The van der Waals surface area contributed by atoms with Crippen LogP contribution in [0.25, 0.3) is 0 Å². The number of hydrogen-bond acceptors (Lipinski definition) is 4. The average molecular weight is 459 g/mol. The maximum atomic E-state index is 13.2. The Bertz CT molecular complexity index is 890. The Hall–Kier alpha value is -1.44. The lowest BCUT2D eigenvalue weighted by molar-refractivity contribution is 0.0983. The third kappa shape index (κ3) is 9.14. The molecule has 166 valence electrons. The van der Waals surface area contributed by atoms with Crippen molar-refractivity contribution in [1.82, 2.24) is 0 Å². The molecule has 0 amide bonds. The quantitative estimate of drug-likeness (QED) is 0.240.